The molecule has 0 saturated heterocycles. The van der Waals surface area contributed by atoms with E-state index in [0.29, 0.717) is 29.7 Å². The fourth-order valence-corrected chi connectivity index (χ4v) is 5.06. The minimum absolute atomic E-state index is 0.219. The summed E-state index contributed by atoms with van der Waals surface area (Å²) in [6.45, 7) is 5.93. The van der Waals surface area contributed by atoms with Crippen molar-refractivity contribution < 1.29 is 23.9 Å². The van der Waals surface area contributed by atoms with Crippen LogP contribution in [0.2, 0.25) is 0 Å². The summed E-state index contributed by atoms with van der Waals surface area (Å²) in [5.74, 6) is -3.06. The van der Waals surface area contributed by atoms with Gasteiger partial charge < -0.3 is 14.8 Å². The van der Waals surface area contributed by atoms with Crippen molar-refractivity contribution in [1.29, 1.82) is 0 Å². The first-order chi connectivity index (χ1) is 16.9. The monoisotopic (exact) mass is 473 g/mol. The molecule has 2 aliphatic rings. The average molecular weight is 474 g/mol. The number of benzene rings is 2. The predicted molar refractivity (Wildman–Crippen MR) is 133 cm³/mol. The van der Waals surface area contributed by atoms with Gasteiger partial charge in [-0.3, -0.25) is 9.59 Å². The van der Waals surface area contributed by atoms with Gasteiger partial charge >= 0.3 is 11.9 Å². The third kappa shape index (κ3) is 4.65. The summed E-state index contributed by atoms with van der Waals surface area (Å²) in [6.07, 6.45) is 1.20. The molecule has 0 radical (unpaired) electrons. The molecule has 4 rings (SSSR count). The van der Waals surface area contributed by atoms with E-state index in [2.05, 4.69) is 5.32 Å². The number of ketones is 1. The molecule has 0 aromatic heterocycles. The molecule has 35 heavy (non-hydrogen) atoms. The second-order valence-corrected chi connectivity index (χ2v) is 9.16. The second kappa shape index (κ2) is 10.3. The number of hydrogen-bond donors (Lipinski definition) is 1. The molecule has 0 spiro atoms. The number of rotatable bonds is 6. The van der Waals surface area contributed by atoms with Gasteiger partial charge in [0.05, 0.1) is 19.3 Å². The number of dihydropyridines is 1. The summed E-state index contributed by atoms with van der Waals surface area (Å²) in [6, 6.07) is 17.9. The van der Waals surface area contributed by atoms with Crippen LogP contribution in [0.3, 0.4) is 0 Å². The second-order valence-electron chi connectivity index (χ2n) is 9.16. The Bertz CT molecular complexity index is 1190. The molecular formula is C29H31NO5. The van der Waals surface area contributed by atoms with Crippen molar-refractivity contribution in [2.45, 2.75) is 39.5 Å². The molecule has 1 aliphatic heterocycles. The van der Waals surface area contributed by atoms with Crippen LogP contribution >= 0.6 is 0 Å². The molecule has 3 unspecified atom stereocenters. The Balaban J connectivity index is 1.82. The largest absolute Gasteiger partial charge is 0.468 e. The number of esters is 2. The molecule has 0 saturated carbocycles. The van der Waals surface area contributed by atoms with Gasteiger partial charge in [0, 0.05) is 22.9 Å². The summed E-state index contributed by atoms with van der Waals surface area (Å²) < 4.78 is 10.5. The highest BCUT2D eigenvalue weighted by atomic mass is 16.5. The highest BCUT2D eigenvalue weighted by molar-refractivity contribution is 6.12. The zero-order chi connectivity index (χ0) is 25.1. The maximum absolute atomic E-state index is 13.8. The molecular weight excluding hydrogens is 442 g/mol. The Morgan fingerprint density at radius 3 is 2.31 bits per heavy atom. The van der Waals surface area contributed by atoms with Crippen LogP contribution in [-0.2, 0) is 23.9 Å². The van der Waals surface area contributed by atoms with E-state index in [-0.39, 0.29) is 18.3 Å². The number of carbonyl (C=O) groups excluding carboxylic acids is 3. The van der Waals surface area contributed by atoms with Crippen LogP contribution in [0.1, 0.15) is 45.1 Å². The Kier molecular flexibility index (Phi) is 7.20. The molecule has 6 heteroatoms. The van der Waals surface area contributed by atoms with E-state index in [9.17, 15) is 14.4 Å². The number of carbonyl (C=O) groups is 3. The normalized spacial score (nSPS) is 21.8. The van der Waals surface area contributed by atoms with E-state index in [1.54, 1.807) is 0 Å². The molecule has 0 fully saturated rings. The van der Waals surface area contributed by atoms with Crippen LogP contribution in [0.4, 0.5) is 0 Å². The van der Waals surface area contributed by atoms with Gasteiger partial charge in [-0.05, 0) is 42.4 Å². The van der Waals surface area contributed by atoms with Crippen molar-refractivity contribution in [1.82, 2.24) is 5.32 Å². The van der Waals surface area contributed by atoms with Crippen molar-refractivity contribution in [2.75, 3.05) is 13.7 Å². The van der Waals surface area contributed by atoms with Gasteiger partial charge in [-0.1, -0.05) is 68.4 Å². The van der Waals surface area contributed by atoms with Gasteiger partial charge in [-0.25, -0.2) is 4.79 Å². The molecule has 1 aliphatic carbocycles. The van der Waals surface area contributed by atoms with Crippen LogP contribution < -0.4 is 5.32 Å². The van der Waals surface area contributed by atoms with Crippen molar-refractivity contribution in [3.63, 3.8) is 0 Å². The fraction of sp³-hybridized carbons (Fsp3) is 0.345. The van der Waals surface area contributed by atoms with E-state index in [0.717, 1.165) is 22.4 Å². The first-order valence-corrected chi connectivity index (χ1v) is 12.0. The quantitative estimate of drug-likeness (QED) is 0.474. The topological polar surface area (TPSA) is 81.7 Å². The Morgan fingerprint density at radius 2 is 1.69 bits per heavy atom. The lowest BCUT2D eigenvalue weighted by Gasteiger charge is -2.38. The minimum atomic E-state index is -0.905. The van der Waals surface area contributed by atoms with Crippen LogP contribution in [0, 0.1) is 11.8 Å². The van der Waals surface area contributed by atoms with E-state index in [4.69, 9.17) is 9.47 Å². The van der Waals surface area contributed by atoms with E-state index >= 15 is 0 Å². The highest BCUT2D eigenvalue weighted by Crippen LogP contribution is 2.45. The van der Waals surface area contributed by atoms with E-state index < -0.39 is 23.8 Å². The Morgan fingerprint density at radius 1 is 1.03 bits per heavy atom. The molecule has 0 bridgehead atoms. The molecule has 1 heterocycles. The number of nitrogens with one attached hydrogen (secondary N) is 1. The smallest absolute Gasteiger partial charge is 0.336 e. The van der Waals surface area contributed by atoms with Gasteiger partial charge in [-0.2, -0.15) is 0 Å². The van der Waals surface area contributed by atoms with Gasteiger partial charge in [0.2, 0.25) is 0 Å². The van der Waals surface area contributed by atoms with Crippen molar-refractivity contribution >= 4 is 17.7 Å². The van der Waals surface area contributed by atoms with E-state index in [1.807, 2.05) is 75.4 Å². The van der Waals surface area contributed by atoms with Crippen LogP contribution in [0.15, 0.2) is 77.1 Å². The third-order valence-electron chi connectivity index (χ3n) is 6.75. The van der Waals surface area contributed by atoms with Gasteiger partial charge in [0.25, 0.3) is 0 Å². The SMILES string of the molecule is CCCOC(=O)C1=C(C)NC2=C(C(=O)C(C(=O)OC)C(C)C2)C1c1ccc(-c2ccccc2)cc1. The number of ether oxygens (including phenoxy) is 2. The summed E-state index contributed by atoms with van der Waals surface area (Å²) in [4.78, 5) is 39.5. The van der Waals surface area contributed by atoms with Gasteiger partial charge in [0.15, 0.2) is 5.78 Å². The standard InChI is InChI=1S/C29H31NO5/c1-5-15-35-29(33)24-18(3)30-22-16-17(2)23(28(32)34-4)27(31)26(22)25(24)21-13-11-20(12-14-21)19-9-7-6-8-10-19/h6-14,17,23,25,30H,5,15-16H2,1-4H3. The van der Waals surface area contributed by atoms with Crippen LogP contribution in [0.5, 0.6) is 0 Å². The fourth-order valence-electron chi connectivity index (χ4n) is 5.06. The van der Waals surface area contributed by atoms with Crippen LogP contribution in [-0.4, -0.2) is 31.4 Å². The third-order valence-corrected chi connectivity index (χ3v) is 6.75. The maximum atomic E-state index is 13.8. The maximum Gasteiger partial charge on any atom is 0.336 e. The number of hydrogen-bond acceptors (Lipinski definition) is 6. The zero-order valence-electron chi connectivity index (χ0n) is 20.6. The minimum Gasteiger partial charge on any atom is -0.468 e. The van der Waals surface area contributed by atoms with Gasteiger partial charge in [0.1, 0.15) is 5.92 Å². The van der Waals surface area contributed by atoms with Crippen LogP contribution in [0.25, 0.3) is 11.1 Å². The Hall–Kier alpha value is -3.67. The molecule has 1 N–H and O–H groups in total. The molecule has 2 aromatic carbocycles. The highest BCUT2D eigenvalue weighted by Gasteiger charge is 2.47. The number of allylic oxidation sites excluding steroid dienone is 3. The first-order valence-electron chi connectivity index (χ1n) is 12.0. The van der Waals surface area contributed by atoms with Gasteiger partial charge in [-0.15, -0.1) is 0 Å². The zero-order valence-corrected chi connectivity index (χ0v) is 20.6. The van der Waals surface area contributed by atoms with E-state index in [1.165, 1.54) is 7.11 Å². The van der Waals surface area contributed by atoms with Crippen molar-refractivity contribution in [3.8, 4) is 11.1 Å². The lowest BCUT2D eigenvalue weighted by Crippen LogP contribution is -2.43. The molecule has 0 amide bonds. The summed E-state index contributed by atoms with van der Waals surface area (Å²) in [5, 5.41) is 3.29. The number of methoxy groups -OCH3 is 1. The first kappa shape index (κ1) is 24.5. The lowest BCUT2D eigenvalue weighted by molar-refractivity contribution is -0.151. The molecule has 6 nitrogen and oxygen atoms in total. The predicted octanol–water partition coefficient (Wildman–Crippen LogP) is 4.92. The average Bonchev–Trinajstić information content (AvgIpc) is 2.86. The van der Waals surface area contributed by atoms with Crippen molar-refractivity contribution in [2.24, 2.45) is 11.8 Å². The molecule has 182 valence electrons. The Labute approximate surface area is 206 Å². The molecule has 2 aromatic rings. The summed E-state index contributed by atoms with van der Waals surface area (Å²) >= 11 is 0. The molecule has 3 atom stereocenters. The van der Waals surface area contributed by atoms with Crippen molar-refractivity contribution in [3.05, 3.63) is 82.7 Å². The summed E-state index contributed by atoms with van der Waals surface area (Å²) in [7, 11) is 1.29. The lowest BCUT2D eigenvalue weighted by atomic mass is 9.69. The summed E-state index contributed by atoms with van der Waals surface area (Å²) in [5.41, 5.74) is 5.17. The number of Topliss-reactive ketones (excluding diaryl/α,β-unsaturated/α-hetero) is 1.